The molecule has 1 aliphatic rings. The molecule has 1 aromatic rings. The fourth-order valence-electron chi connectivity index (χ4n) is 2.47. The number of aromatic nitrogens is 1. The number of nitrogens with zero attached hydrogens (tertiary/aromatic N) is 1. The normalized spacial score (nSPS) is 16.7. The summed E-state index contributed by atoms with van der Waals surface area (Å²) in [7, 11) is 0. The molecular formula is C15H21N3O3. The smallest absolute Gasteiger partial charge is 0.329 e. The van der Waals surface area contributed by atoms with E-state index in [-0.39, 0.29) is 11.4 Å². The molecule has 1 atom stereocenters. The number of nitrogens with one attached hydrogen (secondary N) is 1. The molecule has 0 bridgehead atoms. The summed E-state index contributed by atoms with van der Waals surface area (Å²) in [5.41, 5.74) is 6.46. The van der Waals surface area contributed by atoms with Crippen molar-refractivity contribution in [3.63, 3.8) is 0 Å². The second kappa shape index (κ2) is 5.71. The Balaban J connectivity index is 2.46. The van der Waals surface area contributed by atoms with Gasteiger partial charge in [0, 0.05) is 5.69 Å². The van der Waals surface area contributed by atoms with E-state index < -0.39 is 17.4 Å². The maximum atomic E-state index is 11.6. The van der Waals surface area contributed by atoms with Crippen molar-refractivity contribution in [3.05, 3.63) is 22.9 Å². The summed E-state index contributed by atoms with van der Waals surface area (Å²) >= 11 is 0. The number of anilines is 1. The number of nitrogens with two attached hydrogens (primary N) is 1. The summed E-state index contributed by atoms with van der Waals surface area (Å²) in [6.07, 6.45) is 4.21. The first kappa shape index (κ1) is 15.3. The van der Waals surface area contributed by atoms with Crippen molar-refractivity contribution in [1.82, 2.24) is 4.98 Å². The standard InChI is InChI=1S/C15H21N3O3/c1-3-15(2,14(20)21)18-13-10(12(16)19)8-9-6-4-5-7-11(9)17-13/h8H,3-7H2,1-2H3,(H2,16,19)(H,17,18)(H,20,21). The van der Waals surface area contributed by atoms with Gasteiger partial charge in [0.05, 0.1) is 5.56 Å². The van der Waals surface area contributed by atoms with E-state index in [0.717, 1.165) is 36.9 Å². The van der Waals surface area contributed by atoms with Gasteiger partial charge in [-0.05, 0) is 50.7 Å². The van der Waals surface area contributed by atoms with Crippen LogP contribution in [-0.4, -0.2) is 27.5 Å². The van der Waals surface area contributed by atoms with E-state index in [4.69, 9.17) is 5.73 Å². The molecule has 0 fully saturated rings. The average Bonchev–Trinajstić information content (AvgIpc) is 2.45. The van der Waals surface area contributed by atoms with E-state index in [1.165, 1.54) is 0 Å². The van der Waals surface area contributed by atoms with E-state index in [1.807, 2.05) is 0 Å². The van der Waals surface area contributed by atoms with Crippen molar-refractivity contribution in [2.45, 2.75) is 51.5 Å². The second-order valence-corrected chi connectivity index (χ2v) is 5.68. The molecule has 0 aliphatic heterocycles. The molecule has 1 heterocycles. The highest BCUT2D eigenvalue weighted by molar-refractivity contribution is 5.98. The zero-order valence-corrected chi connectivity index (χ0v) is 12.4. The summed E-state index contributed by atoms with van der Waals surface area (Å²) in [5, 5.41) is 12.2. The lowest BCUT2D eigenvalue weighted by atomic mass is 9.93. The van der Waals surface area contributed by atoms with Crippen molar-refractivity contribution in [1.29, 1.82) is 0 Å². The molecule has 0 saturated heterocycles. The van der Waals surface area contributed by atoms with Crippen LogP contribution in [0.4, 0.5) is 5.82 Å². The summed E-state index contributed by atoms with van der Waals surface area (Å²) < 4.78 is 0. The number of carbonyl (C=O) groups excluding carboxylic acids is 1. The molecule has 21 heavy (non-hydrogen) atoms. The largest absolute Gasteiger partial charge is 0.480 e. The molecular weight excluding hydrogens is 270 g/mol. The van der Waals surface area contributed by atoms with Crippen LogP contribution in [0.15, 0.2) is 6.07 Å². The summed E-state index contributed by atoms with van der Waals surface area (Å²) in [4.78, 5) is 27.5. The van der Waals surface area contributed by atoms with E-state index in [0.29, 0.717) is 6.42 Å². The van der Waals surface area contributed by atoms with Crippen molar-refractivity contribution >= 4 is 17.7 Å². The van der Waals surface area contributed by atoms with Gasteiger partial charge in [-0.15, -0.1) is 0 Å². The van der Waals surface area contributed by atoms with E-state index in [1.54, 1.807) is 19.9 Å². The van der Waals surface area contributed by atoms with Crippen LogP contribution in [-0.2, 0) is 17.6 Å². The minimum Gasteiger partial charge on any atom is -0.480 e. The van der Waals surface area contributed by atoms with Crippen molar-refractivity contribution in [2.75, 3.05) is 5.32 Å². The molecule has 114 valence electrons. The number of carbonyl (C=O) groups is 2. The number of carboxylic acids is 1. The predicted octanol–water partition coefficient (Wildman–Crippen LogP) is 1.72. The van der Waals surface area contributed by atoms with Gasteiger partial charge in [0.25, 0.3) is 5.91 Å². The number of aliphatic carboxylic acids is 1. The topological polar surface area (TPSA) is 105 Å². The minimum absolute atomic E-state index is 0.261. The maximum Gasteiger partial charge on any atom is 0.329 e. The second-order valence-electron chi connectivity index (χ2n) is 5.68. The number of amides is 1. The zero-order valence-electron chi connectivity index (χ0n) is 12.4. The van der Waals surface area contributed by atoms with Crippen LogP contribution in [0.25, 0.3) is 0 Å². The molecule has 1 aromatic heterocycles. The molecule has 6 nitrogen and oxygen atoms in total. The molecule has 1 amide bonds. The van der Waals surface area contributed by atoms with E-state index >= 15 is 0 Å². The zero-order chi connectivity index (χ0) is 15.6. The van der Waals surface area contributed by atoms with Crippen molar-refractivity contribution in [2.24, 2.45) is 5.73 Å². The number of fused-ring (bicyclic) bond motifs is 1. The number of primary amides is 1. The third kappa shape index (κ3) is 2.99. The van der Waals surface area contributed by atoms with Gasteiger partial charge in [0.15, 0.2) is 0 Å². The number of hydrogen-bond acceptors (Lipinski definition) is 4. The first-order chi connectivity index (χ1) is 9.87. The maximum absolute atomic E-state index is 11.6. The highest BCUT2D eigenvalue weighted by Gasteiger charge is 2.33. The molecule has 4 N–H and O–H groups in total. The van der Waals surface area contributed by atoms with Crippen LogP contribution in [0.3, 0.4) is 0 Å². The van der Waals surface area contributed by atoms with Crippen LogP contribution in [0.5, 0.6) is 0 Å². The molecule has 0 aromatic carbocycles. The third-order valence-corrected chi connectivity index (χ3v) is 4.14. The fraction of sp³-hybridized carbons (Fsp3) is 0.533. The van der Waals surface area contributed by atoms with Gasteiger partial charge >= 0.3 is 5.97 Å². The Hall–Kier alpha value is -2.11. The molecule has 0 spiro atoms. The van der Waals surface area contributed by atoms with Crippen LogP contribution in [0.2, 0.25) is 0 Å². The first-order valence-electron chi connectivity index (χ1n) is 7.21. The van der Waals surface area contributed by atoms with Gasteiger partial charge in [-0.2, -0.15) is 0 Å². The van der Waals surface area contributed by atoms with Gasteiger partial charge < -0.3 is 16.2 Å². The Morgan fingerprint density at radius 1 is 1.43 bits per heavy atom. The fourth-order valence-corrected chi connectivity index (χ4v) is 2.47. The van der Waals surface area contributed by atoms with Crippen molar-refractivity contribution < 1.29 is 14.7 Å². The lowest BCUT2D eigenvalue weighted by Crippen LogP contribution is -2.43. The highest BCUT2D eigenvalue weighted by Crippen LogP contribution is 2.27. The van der Waals surface area contributed by atoms with Gasteiger partial charge in [-0.3, -0.25) is 4.79 Å². The molecule has 0 saturated carbocycles. The first-order valence-corrected chi connectivity index (χ1v) is 7.21. The summed E-state index contributed by atoms with van der Waals surface area (Å²) in [5.74, 6) is -1.31. The predicted molar refractivity (Wildman–Crippen MR) is 79.4 cm³/mol. The van der Waals surface area contributed by atoms with Crippen LogP contribution in [0.1, 0.15) is 54.7 Å². The van der Waals surface area contributed by atoms with Crippen molar-refractivity contribution in [3.8, 4) is 0 Å². The average molecular weight is 291 g/mol. The number of carboxylic acid groups (broad SMARTS) is 1. The van der Waals surface area contributed by atoms with Crippen LogP contribution in [0, 0.1) is 0 Å². The number of aryl methyl sites for hydroxylation is 2. The SMILES string of the molecule is CCC(C)(Nc1nc2c(cc1C(N)=O)CCCC2)C(=O)O. The lowest BCUT2D eigenvalue weighted by molar-refractivity contribution is -0.141. The number of pyridine rings is 1. The quantitative estimate of drug-likeness (QED) is 0.766. The Kier molecular flexibility index (Phi) is 4.16. The van der Waals surface area contributed by atoms with Crippen LogP contribution >= 0.6 is 0 Å². The summed E-state index contributed by atoms with van der Waals surface area (Å²) in [6.45, 7) is 3.34. The Morgan fingerprint density at radius 3 is 2.67 bits per heavy atom. The van der Waals surface area contributed by atoms with Crippen LogP contribution < -0.4 is 11.1 Å². The minimum atomic E-state index is -1.18. The van der Waals surface area contributed by atoms with Gasteiger partial charge in [-0.25, -0.2) is 9.78 Å². The Labute approximate surface area is 123 Å². The molecule has 1 aliphatic carbocycles. The monoisotopic (exact) mass is 291 g/mol. The third-order valence-electron chi connectivity index (χ3n) is 4.14. The molecule has 1 unspecified atom stereocenters. The molecule has 0 radical (unpaired) electrons. The van der Waals surface area contributed by atoms with E-state index in [2.05, 4.69) is 10.3 Å². The molecule has 6 heteroatoms. The molecule has 2 rings (SSSR count). The van der Waals surface area contributed by atoms with Gasteiger partial charge in [0.1, 0.15) is 11.4 Å². The highest BCUT2D eigenvalue weighted by atomic mass is 16.4. The number of hydrogen-bond donors (Lipinski definition) is 3. The Bertz CT molecular complexity index is 586. The van der Waals surface area contributed by atoms with Gasteiger partial charge in [-0.1, -0.05) is 6.92 Å². The Morgan fingerprint density at radius 2 is 2.10 bits per heavy atom. The summed E-state index contributed by atoms with van der Waals surface area (Å²) in [6, 6.07) is 1.75. The van der Waals surface area contributed by atoms with E-state index in [9.17, 15) is 14.7 Å². The van der Waals surface area contributed by atoms with Gasteiger partial charge in [0.2, 0.25) is 0 Å². The lowest BCUT2D eigenvalue weighted by Gasteiger charge is -2.27. The number of rotatable bonds is 5.